The van der Waals surface area contributed by atoms with E-state index in [0.717, 1.165) is 32.5 Å². The van der Waals surface area contributed by atoms with Crippen LogP contribution in [0.25, 0.3) is 0 Å². The molecule has 2 N–H and O–H groups in total. The lowest BCUT2D eigenvalue weighted by Crippen LogP contribution is -2.86. The van der Waals surface area contributed by atoms with Crippen LogP contribution in [0.4, 0.5) is 0 Å². The van der Waals surface area contributed by atoms with E-state index >= 15 is 0 Å². The SMILES string of the molecule is CC1(C)C[C@@H]2C[C@@](C)(CN2C(=O)C2CC[NH2+]CC2)C1. The number of hydrogen-bond donors (Lipinski definition) is 1. The summed E-state index contributed by atoms with van der Waals surface area (Å²) < 4.78 is 0. The first kappa shape index (κ1) is 13.4. The summed E-state index contributed by atoms with van der Waals surface area (Å²) in [5.41, 5.74) is 0.788. The Bertz CT molecular complexity index is 373. The molecule has 0 unspecified atom stereocenters. The van der Waals surface area contributed by atoms with E-state index in [2.05, 4.69) is 31.0 Å². The molecular formula is C16H29N2O+. The smallest absolute Gasteiger partial charge is 0.226 e. The van der Waals surface area contributed by atoms with E-state index in [4.69, 9.17) is 0 Å². The molecule has 0 aromatic carbocycles. The lowest BCUT2D eigenvalue weighted by atomic mass is 9.65. The highest BCUT2D eigenvalue weighted by molar-refractivity contribution is 5.79. The zero-order valence-electron chi connectivity index (χ0n) is 12.7. The minimum absolute atomic E-state index is 0.316. The van der Waals surface area contributed by atoms with E-state index in [-0.39, 0.29) is 0 Å². The zero-order valence-corrected chi connectivity index (χ0v) is 12.7. The van der Waals surface area contributed by atoms with Crippen LogP contribution in [-0.2, 0) is 4.79 Å². The summed E-state index contributed by atoms with van der Waals surface area (Å²) >= 11 is 0. The molecule has 3 nitrogen and oxygen atoms in total. The number of fused-ring (bicyclic) bond motifs is 2. The second kappa shape index (κ2) is 4.47. The van der Waals surface area contributed by atoms with Crippen molar-refractivity contribution in [2.45, 2.75) is 58.9 Å². The first-order valence-corrected chi connectivity index (χ1v) is 8.01. The highest BCUT2D eigenvalue weighted by Crippen LogP contribution is 2.52. The fourth-order valence-corrected chi connectivity index (χ4v) is 5.13. The lowest BCUT2D eigenvalue weighted by Gasteiger charge is -2.39. The maximum Gasteiger partial charge on any atom is 0.226 e. The van der Waals surface area contributed by atoms with Gasteiger partial charge in [-0.25, -0.2) is 0 Å². The second-order valence-electron chi connectivity index (χ2n) is 8.32. The fraction of sp³-hybridized carbons (Fsp3) is 0.938. The molecule has 2 saturated heterocycles. The molecule has 0 aromatic rings. The number of nitrogens with two attached hydrogens (primary N) is 1. The standard InChI is InChI=1S/C16H28N2O/c1-15(2)8-13-9-16(3,10-15)11-18(13)14(19)12-4-6-17-7-5-12/h12-13,17H,4-11H2,1-3H3/p+1/t13-,16-/m1/s1. The minimum atomic E-state index is 0.316. The normalized spacial score (nSPS) is 38.5. The predicted molar refractivity (Wildman–Crippen MR) is 75.6 cm³/mol. The molecule has 1 amide bonds. The lowest BCUT2D eigenvalue weighted by molar-refractivity contribution is -0.664. The third-order valence-corrected chi connectivity index (χ3v) is 5.49. The van der Waals surface area contributed by atoms with Gasteiger partial charge in [0.2, 0.25) is 5.91 Å². The summed E-state index contributed by atoms with van der Waals surface area (Å²) in [5, 5.41) is 2.34. The van der Waals surface area contributed by atoms with E-state index in [1.54, 1.807) is 0 Å². The molecule has 3 rings (SSSR count). The van der Waals surface area contributed by atoms with Gasteiger partial charge in [-0.1, -0.05) is 20.8 Å². The number of likely N-dealkylation sites (tertiary alicyclic amines) is 1. The van der Waals surface area contributed by atoms with Crippen LogP contribution in [0.5, 0.6) is 0 Å². The summed E-state index contributed by atoms with van der Waals surface area (Å²) in [7, 11) is 0. The first-order valence-electron chi connectivity index (χ1n) is 8.01. The van der Waals surface area contributed by atoms with Crippen LogP contribution in [-0.4, -0.2) is 36.5 Å². The van der Waals surface area contributed by atoms with Crippen molar-refractivity contribution in [2.24, 2.45) is 16.7 Å². The maximum absolute atomic E-state index is 12.8. The number of rotatable bonds is 1. The van der Waals surface area contributed by atoms with E-state index in [0.29, 0.717) is 28.7 Å². The van der Waals surface area contributed by atoms with Gasteiger partial charge in [0.25, 0.3) is 0 Å². The third kappa shape index (κ3) is 2.54. The Morgan fingerprint density at radius 2 is 1.84 bits per heavy atom. The van der Waals surface area contributed by atoms with Crippen LogP contribution in [0.2, 0.25) is 0 Å². The van der Waals surface area contributed by atoms with Crippen LogP contribution in [0.15, 0.2) is 0 Å². The van der Waals surface area contributed by atoms with Crippen LogP contribution >= 0.6 is 0 Å². The predicted octanol–water partition coefficient (Wildman–Crippen LogP) is 1.39. The molecule has 0 spiro atoms. The van der Waals surface area contributed by atoms with Crippen molar-refractivity contribution >= 4 is 5.91 Å². The molecule has 3 fully saturated rings. The first-order chi connectivity index (χ1) is 8.89. The zero-order chi connectivity index (χ0) is 13.7. The Morgan fingerprint density at radius 1 is 1.16 bits per heavy atom. The minimum Gasteiger partial charge on any atom is -0.346 e. The average Bonchev–Trinajstić information content (AvgIpc) is 2.59. The third-order valence-electron chi connectivity index (χ3n) is 5.49. The number of carbonyl (C=O) groups excluding carboxylic acids is 1. The molecule has 0 aromatic heterocycles. The summed E-state index contributed by atoms with van der Waals surface area (Å²) in [5.74, 6) is 0.788. The molecule has 2 atom stereocenters. The Morgan fingerprint density at radius 3 is 2.53 bits per heavy atom. The Labute approximate surface area is 117 Å². The molecule has 2 bridgehead atoms. The topological polar surface area (TPSA) is 36.9 Å². The number of nitrogens with zero attached hydrogens (tertiary/aromatic N) is 1. The van der Waals surface area contributed by atoms with Crippen molar-refractivity contribution < 1.29 is 10.1 Å². The van der Waals surface area contributed by atoms with Crippen LogP contribution in [0.1, 0.15) is 52.9 Å². The summed E-state index contributed by atoms with van der Waals surface area (Å²) in [6.45, 7) is 10.4. The molecular weight excluding hydrogens is 236 g/mol. The molecule has 19 heavy (non-hydrogen) atoms. The number of quaternary nitrogens is 1. The number of piperidine rings is 1. The van der Waals surface area contributed by atoms with Gasteiger partial charge in [0.1, 0.15) is 0 Å². The van der Waals surface area contributed by atoms with Crippen molar-refractivity contribution in [2.75, 3.05) is 19.6 Å². The average molecular weight is 265 g/mol. The van der Waals surface area contributed by atoms with Crippen molar-refractivity contribution in [3.8, 4) is 0 Å². The van der Waals surface area contributed by atoms with Crippen molar-refractivity contribution in [3.63, 3.8) is 0 Å². The van der Waals surface area contributed by atoms with Gasteiger partial charge in [-0.15, -0.1) is 0 Å². The second-order valence-corrected chi connectivity index (χ2v) is 8.32. The van der Waals surface area contributed by atoms with Crippen LogP contribution < -0.4 is 5.32 Å². The van der Waals surface area contributed by atoms with Gasteiger partial charge in [-0.05, 0) is 30.1 Å². The number of amides is 1. The fourth-order valence-electron chi connectivity index (χ4n) is 5.13. The van der Waals surface area contributed by atoms with E-state index < -0.39 is 0 Å². The summed E-state index contributed by atoms with van der Waals surface area (Å²) in [6, 6.07) is 0.521. The van der Waals surface area contributed by atoms with Crippen LogP contribution in [0.3, 0.4) is 0 Å². The van der Waals surface area contributed by atoms with Gasteiger partial charge >= 0.3 is 0 Å². The molecule has 1 saturated carbocycles. The van der Waals surface area contributed by atoms with E-state index in [9.17, 15) is 4.79 Å². The Balaban J connectivity index is 1.74. The summed E-state index contributed by atoms with van der Waals surface area (Å²) in [6.07, 6.45) is 5.89. The van der Waals surface area contributed by atoms with Crippen molar-refractivity contribution in [1.82, 2.24) is 4.90 Å². The highest BCUT2D eigenvalue weighted by Gasteiger charge is 2.51. The highest BCUT2D eigenvalue weighted by atomic mass is 16.2. The molecule has 3 aliphatic rings. The molecule has 3 heteroatoms. The van der Waals surface area contributed by atoms with Gasteiger partial charge in [-0.3, -0.25) is 4.79 Å². The Hall–Kier alpha value is -0.570. The van der Waals surface area contributed by atoms with Crippen LogP contribution in [0, 0.1) is 16.7 Å². The van der Waals surface area contributed by atoms with Gasteiger partial charge in [0, 0.05) is 31.3 Å². The Kier molecular flexibility index (Phi) is 3.16. The van der Waals surface area contributed by atoms with Crippen molar-refractivity contribution in [1.29, 1.82) is 0 Å². The van der Waals surface area contributed by atoms with E-state index in [1.807, 2.05) is 0 Å². The van der Waals surface area contributed by atoms with Gasteiger partial charge in [-0.2, -0.15) is 0 Å². The number of hydrogen-bond acceptors (Lipinski definition) is 1. The molecule has 0 radical (unpaired) electrons. The molecule has 2 heterocycles. The quantitative estimate of drug-likeness (QED) is 0.764. The largest absolute Gasteiger partial charge is 0.346 e. The van der Waals surface area contributed by atoms with Gasteiger partial charge < -0.3 is 10.2 Å². The van der Waals surface area contributed by atoms with Crippen molar-refractivity contribution in [3.05, 3.63) is 0 Å². The monoisotopic (exact) mass is 265 g/mol. The number of carbonyl (C=O) groups is 1. The maximum atomic E-state index is 12.8. The van der Waals surface area contributed by atoms with Gasteiger partial charge in [0.05, 0.1) is 13.1 Å². The molecule has 2 aliphatic heterocycles. The van der Waals surface area contributed by atoms with E-state index in [1.165, 1.54) is 19.3 Å². The van der Waals surface area contributed by atoms with Gasteiger partial charge in [0.15, 0.2) is 0 Å². The molecule has 1 aliphatic carbocycles. The molecule has 108 valence electrons. The summed E-state index contributed by atoms with van der Waals surface area (Å²) in [4.78, 5) is 15.1.